The van der Waals surface area contributed by atoms with E-state index in [1.54, 1.807) is 13.8 Å². The maximum atomic E-state index is 13.6. The molecule has 8 heteroatoms. The van der Waals surface area contributed by atoms with Crippen LogP contribution in [-0.4, -0.2) is 28.6 Å². The molecule has 1 aromatic carbocycles. The standard InChI is InChI=1S/C12H14F2N2O4/c1-7(2)15(4-3-11(17)18)10-6-8(13)5-9(14)12(10)16(19)20/h5-7H,3-4H2,1-2H3,(H,17,18). The number of hydrogen-bond donors (Lipinski definition) is 1. The first-order chi connectivity index (χ1) is 9.23. The van der Waals surface area contributed by atoms with Crippen molar-refractivity contribution < 1.29 is 23.6 Å². The van der Waals surface area contributed by atoms with E-state index in [0.717, 1.165) is 6.07 Å². The summed E-state index contributed by atoms with van der Waals surface area (Å²) in [6, 6.07) is 0.912. The van der Waals surface area contributed by atoms with Gasteiger partial charge in [-0.1, -0.05) is 0 Å². The molecule has 0 atom stereocenters. The number of nitrogens with zero attached hydrogens (tertiary/aromatic N) is 2. The van der Waals surface area contributed by atoms with E-state index in [1.807, 2.05) is 0 Å². The van der Waals surface area contributed by atoms with Crippen LogP contribution in [0.4, 0.5) is 20.2 Å². The molecule has 0 saturated carbocycles. The van der Waals surface area contributed by atoms with Crippen molar-refractivity contribution in [2.24, 2.45) is 0 Å². The number of nitro groups is 1. The number of nitro benzene ring substituents is 1. The molecule has 1 aromatic rings. The van der Waals surface area contributed by atoms with Crippen molar-refractivity contribution in [2.75, 3.05) is 11.4 Å². The van der Waals surface area contributed by atoms with Crippen LogP contribution in [0.25, 0.3) is 0 Å². The van der Waals surface area contributed by atoms with Gasteiger partial charge >= 0.3 is 11.7 Å². The summed E-state index contributed by atoms with van der Waals surface area (Å²) in [6.45, 7) is 3.21. The molecule has 0 aliphatic heterocycles. The van der Waals surface area contributed by atoms with Crippen molar-refractivity contribution in [3.8, 4) is 0 Å². The average Bonchev–Trinajstić information content (AvgIpc) is 2.26. The molecule has 0 fully saturated rings. The molecule has 1 rings (SSSR count). The average molecular weight is 288 g/mol. The second kappa shape index (κ2) is 6.27. The SMILES string of the molecule is CC(C)N(CCC(=O)O)c1cc(F)cc(F)c1[N+](=O)[O-]. The number of carbonyl (C=O) groups is 1. The second-order valence-corrected chi connectivity index (χ2v) is 4.44. The number of carboxylic acid groups (broad SMARTS) is 1. The van der Waals surface area contributed by atoms with E-state index in [1.165, 1.54) is 4.90 Å². The Hall–Kier alpha value is -2.25. The number of halogens is 2. The Morgan fingerprint density at radius 2 is 2.05 bits per heavy atom. The summed E-state index contributed by atoms with van der Waals surface area (Å²) in [6.07, 6.45) is -0.298. The lowest BCUT2D eigenvalue weighted by molar-refractivity contribution is -0.386. The van der Waals surface area contributed by atoms with Crippen LogP contribution in [0.1, 0.15) is 20.3 Å². The number of aliphatic carboxylic acids is 1. The maximum Gasteiger partial charge on any atom is 0.328 e. The summed E-state index contributed by atoms with van der Waals surface area (Å²) in [4.78, 5) is 21.9. The van der Waals surface area contributed by atoms with E-state index >= 15 is 0 Å². The molecule has 0 aliphatic carbocycles. The third-order valence-electron chi connectivity index (χ3n) is 2.69. The molecule has 1 N–H and O–H groups in total. The summed E-state index contributed by atoms with van der Waals surface area (Å²) < 4.78 is 26.8. The Kier molecular flexibility index (Phi) is 4.95. The number of rotatable bonds is 6. The lowest BCUT2D eigenvalue weighted by Crippen LogP contribution is -2.33. The minimum Gasteiger partial charge on any atom is -0.481 e. The molecule has 20 heavy (non-hydrogen) atoms. The second-order valence-electron chi connectivity index (χ2n) is 4.44. The molecule has 0 radical (unpaired) electrons. The Morgan fingerprint density at radius 1 is 1.45 bits per heavy atom. The Morgan fingerprint density at radius 3 is 2.50 bits per heavy atom. The molecule has 0 spiro atoms. The Labute approximate surface area is 113 Å². The van der Waals surface area contributed by atoms with Gasteiger partial charge in [0.1, 0.15) is 11.5 Å². The highest BCUT2D eigenvalue weighted by molar-refractivity contribution is 5.69. The molecule has 0 saturated heterocycles. The predicted molar refractivity (Wildman–Crippen MR) is 67.7 cm³/mol. The number of hydrogen-bond acceptors (Lipinski definition) is 4. The van der Waals surface area contributed by atoms with Crippen molar-refractivity contribution >= 4 is 17.3 Å². The van der Waals surface area contributed by atoms with Crippen LogP contribution >= 0.6 is 0 Å². The van der Waals surface area contributed by atoms with Crippen LogP contribution in [0.5, 0.6) is 0 Å². The van der Waals surface area contributed by atoms with Gasteiger partial charge in [0.05, 0.1) is 11.3 Å². The molecule has 0 unspecified atom stereocenters. The van der Waals surface area contributed by atoms with Crippen LogP contribution in [0.3, 0.4) is 0 Å². The largest absolute Gasteiger partial charge is 0.481 e. The minimum atomic E-state index is -1.29. The van der Waals surface area contributed by atoms with Crippen molar-refractivity contribution in [3.63, 3.8) is 0 Å². The molecular weight excluding hydrogens is 274 g/mol. The fraction of sp³-hybridized carbons (Fsp3) is 0.417. The van der Waals surface area contributed by atoms with E-state index < -0.39 is 28.2 Å². The summed E-state index contributed by atoms with van der Waals surface area (Å²) in [5, 5.41) is 19.6. The number of benzene rings is 1. The summed E-state index contributed by atoms with van der Waals surface area (Å²) in [5.74, 6) is -3.34. The summed E-state index contributed by atoms with van der Waals surface area (Å²) in [7, 11) is 0. The van der Waals surface area contributed by atoms with Crippen LogP contribution < -0.4 is 4.90 Å². The van der Waals surface area contributed by atoms with Crippen molar-refractivity contribution in [1.82, 2.24) is 0 Å². The molecule has 0 heterocycles. The first-order valence-electron chi connectivity index (χ1n) is 5.86. The highest BCUT2D eigenvalue weighted by Gasteiger charge is 2.27. The fourth-order valence-corrected chi connectivity index (χ4v) is 1.82. The van der Waals surface area contributed by atoms with Crippen molar-refractivity contribution in [3.05, 3.63) is 33.9 Å². The number of anilines is 1. The van der Waals surface area contributed by atoms with E-state index in [4.69, 9.17) is 5.11 Å². The van der Waals surface area contributed by atoms with Crippen molar-refractivity contribution in [2.45, 2.75) is 26.3 Å². The molecular formula is C12H14F2N2O4. The Bertz CT molecular complexity index is 534. The molecule has 0 amide bonds. The fourth-order valence-electron chi connectivity index (χ4n) is 1.82. The molecule has 0 bridgehead atoms. The van der Waals surface area contributed by atoms with Crippen LogP contribution in [-0.2, 0) is 4.79 Å². The zero-order valence-electron chi connectivity index (χ0n) is 11.0. The lowest BCUT2D eigenvalue weighted by atomic mass is 10.2. The monoisotopic (exact) mass is 288 g/mol. The highest BCUT2D eigenvalue weighted by Crippen LogP contribution is 2.33. The van der Waals surface area contributed by atoms with Gasteiger partial charge in [-0.3, -0.25) is 14.9 Å². The first kappa shape index (κ1) is 15.8. The van der Waals surface area contributed by atoms with Gasteiger partial charge in [0.2, 0.25) is 5.82 Å². The van der Waals surface area contributed by atoms with Gasteiger partial charge in [-0.25, -0.2) is 4.39 Å². The van der Waals surface area contributed by atoms with Crippen molar-refractivity contribution in [1.29, 1.82) is 0 Å². The Balaban J connectivity index is 3.31. The summed E-state index contributed by atoms with van der Waals surface area (Å²) in [5.41, 5.74) is -1.12. The first-order valence-corrected chi connectivity index (χ1v) is 5.86. The quantitative estimate of drug-likeness (QED) is 0.642. The number of carboxylic acids is 1. The smallest absolute Gasteiger partial charge is 0.328 e. The minimum absolute atomic E-state index is 0.0866. The molecule has 110 valence electrons. The van der Waals surface area contributed by atoms with Gasteiger partial charge in [0, 0.05) is 24.7 Å². The topological polar surface area (TPSA) is 83.7 Å². The predicted octanol–water partition coefficient (Wildman–Crippen LogP) is 2.56. The van der Waals surface area contributed by atoms with Gasteiger partial charge in [-0.2, -0.15) is 4.39 Å². The van der Waals surface area contributed by atoms with Gasteiger partial charge in [-0.05, 0) is 13.8 Å². The highest BCUT2D eigenvalue weighted by atomic mass is 19.1. The summed E-state index contributed by atoms with van der Waals surface area (Å²) >= 11 is 0. The van der Waals surface area contributed by atoms with Gasteiger partial charge in [0.25, 0.3) is 0 Å². The zero-order chi connectivity index (χ0) is 15.4. The van der Waals surface area contributed by atoms with Gasteiger partial charge in [-0.15, -0.1) is 0 Å². The lowest BCUT2D eigenvalue weighted by Gasteiger charge is -2.28. The zero-order valence-corrected chi connectivity index (χ0v) is 11.0. The third kappa shape index (κ3) is 3.62. The van der Waals surface area contributed by atoms with E-state index in [-0.39, 0.29) is 24.7 Å². The normalized spacial score (nSPS) is 10.7. The van der Waals surface area contributed by atoms with Crippen LogP contribution in [0.15, 0.2) is 12.1 Å². The molecule has 0 aliphatic rings. The molecule has 6 nitrogen and oxygen atoms in total. The van der Waals surface area contributed by atoms with Gasteiger partial charge < -0.3 is 10.0 Å². The van der Waals surface area contributed by atoms with Crippen LogP contribution in [0, 0.1) is 21.7 Å². The van der Waals surface area contributed by atoms with E-state index in [0.29, 0.717) is 6.07 Å². The third-order valence-corrected chi connectivity index (χ3v) is 2.69. The van der Waals surface area contributed by atoms with Gasteiger partial charge in [0.15, 0.2) is 0 Å². The van der Waals surface area contributed by atoms with E-state index in [9.17, 15) is 23.7 Å². The molecule has 0 aromatic heterocycles. The van der Waals surface area contributed by atoms with E-state index in [2.05, 4.69) is 0 Å². The maximum absolute atomic E-state index is 13.6. The van der Waals surface area contributed by atoms with Crippen LogP contribution in [0.2, 0.25) is 0 Å².